The molecule has 1 atom stereocenters. The number of carbonyl (C=O) groups is 1. The van der Waals surface area contributed by atoms with Crippen LogP contribution in [0.25, 0.3) is 0 Å². The molecule has 2 bridgehead atoms. The third-order valence-corrected chi connectivity index (χ3v) is 4.47. The third kappa shape index (κ3) is 3.25. The summed E-state index contributed by atoms with van der Waals surface area (Å²) in [6, 6.07) is 0. The molecule has 3 rings (SSSR count). The Bertz CT molecular complexity index is 266. The van der Waals surface area contributed by atoms with Crippen molar-refractivity contribution in [3.63, 3.8) is 0 Å². The number of hydrogen-bond acceptors (Lipinski definition) is 3. The van der Waals surface area contributed by atoms with Crippen LogP contribution in [0, 0.1) is 11.8 Å². The van der Waals surface area contributed by atoms with Crippen molar-refractivity contribution < 1.29 is 9.53 Å². The largest absolute Gasteiger partial charge is 0.460 e. The zero-order valence-electron chi connectivity index (χ0n) is 11.9. The highest BCUT2D eigenvalue weighted by Crippen LogP contribution is 2.30. The fourth-order valence-electron chi connectivity index (χ4n) is 3.37. The number of esters is 1. The zero-order valence-corrected chi connectivity index (χ0v) is 11.9. The Morgan fingerprint density at radius 2 is 1.83 bits per heavy atom. The van der Waals surface area contributed by atoms with E-state index in [2.05, 4.69) is 18.7 Å². The van der Waals surface area contributed by atoms with E-state index in [1.165, 1.54) is 25.9 Å². The molecule has 3 aliphatic rings. The lowest BCUT2D eigenvalue weighted by molar-refractivity contribution is -0.164. The van der Waals surface area contributed by atoms with Crippen LogP contribution in [0.1, 0.15) is 52.4 Å². The lowest BCUT2D eigenvalue weighted by Crippen LogP contribution is -2.52. The second kappa shape index (κ2) is 6.55. The predicted molar refractivity (Wildman–Crippen MR) is 72.4 cm³/mol. The lowest BCUT2D eigenvalue weighted by Gasteiger charge is -2.44. The van der Waals surface area contributed by atoms with Gasteiger partial charge in [-0.2, -0.15) is 0 Å². The summed E-state index contributed by atoms with van der Waals surface area (Å²) in [4.78, 5) is 14.7. The van der Waals surface area contributed by atoms with Crippen LogP contribution in [-0.2, 0) is 9.53 Å². The molecule has 3 heterocycles. The van der Waals surface area contributed by atoms with Crippen molar-refractivity contribution in [3.8, 4) is 0 Å². The quantitative estimate of drug-likeness (QED) is 0.682. The van der Waals surface area contributed by atoms with E-state index >= 15 is 0 Å². The Labute approximate surface area is 111 Å². The van der Waals surface area contributed by atoms with Crippen molar-refractivity contribution in [1.82, 2.24) is 4.90 Å². The number of piperidine rings is 3. The molecule has 3 nitrogen and oxygen atoms in total. The van der Waals surface area contributed by atoms with Crippen molar-refractivity contribution in [1.29, 1.82) is 0 Å². The predicted octanol–water partition coefficient (Wildman–Crippen LogP) is 2.84. The van der Waals surface area contributed by atoms with E-state index in [1.807, 2.05) is 0 Å². The average molecular weight is 253 g/mol. The van der Waals surface area contributed by atoms with Gasteiger partial charge >= 0.3 is 5.97 Å². The van der Waals surface area contributed by atoms with Crippen molar-refractivity contribution in [3.05, 3.63) is 0 Å². The Hall–Kier alpha value is -0.570. The topological polar surface area (TPSA) is 29.5 Å². The minimum atomic E-state index is 0.0671. The molecule has 1 unspecified atom stereocenters. The molecule has 3 aliphatic heterocycles. The molecule has 0 amide bonds. The van der Waals surface area contributed by atoms with Gasteiger partial charge in [0, 0.05) is 6.54 Å². The molecule has 3 saturated heterocycles. The molecule has 104 valence electrons. The molecule has 18 heavy (non-hydrogen) atoms. The van der Waals surface area contributed by atoms with E-state index in [4.69, 9.17) is 4.74 Å². The zero-order chi connectivity index (χ0) is 13.0. The first-order valence-corrected chi connectivity index (χ1v) is 7.67. The summed E-state index contributed by atoms with van der Waals surface area (Å²) in [6.07, 6.45) is 6.70. The normalized spacial score (nSPS) is 30.7. The summed E-state index contributed by atoms with van der Waals surface area (Å²) in [5.74, 6) is 0.829. The molecular weight excluding hydrogens is 226 g/mol. The van der Waals surface area contributed by atoms with Gasteiger partial charge in [0.05, 0.1) is 5.92 Å². The summed E-state index contributed by atoms with van der Waals surface area (Å²) < 4.78 is 5.81. The molecule has 3 fully saturated rings. The minimum absolute atomic E-state index is 0.0671. The Balaban J connectivity index is 1.85. The fraction of sp³-hybridized carbons (Fsp3) is 0.933. The first-order chi connectivity index (χ1) is 8.74. The first-order valence-electron chi connectivity index (χ1n) is 7.67. The number of carbonyl (C=O) groups excluding carboxylic acids is 1. The third-order valence-electron chi connectivity index (χ3n) is 4.47. The maximum atomic E-state index is 12.2. The number of nitrogens with zero attached hydrogens (tertiary/aromatic N) is 1. The summed E-state index contributed by atoms with van der Waals surface area (Å²) in [7, 11) is 0. The van der Waals surface area contributed by atoms with Crippen LogP contribution >= 0.6 is 0 Å². The van der Waals surface area contributed by atoms with Gasteiger partial charge in [0.2, 0.25) is 0 Å². The van der Waals surface area contributed by atoms with Gasteiger partial charge < -0.3 is 4.74 Å². The molecule has 0 radical (unpaired) electrons. The van der Waals surface area contributed by atoms with E-state index in [1.54, 1.807) is 0 Å². The smallest absolute Gasteiger partial charge is 0.309 e. The number of rotatable bonds is 6. The van der Waals surface area contributed by atoms with Gasteiger partial charge in [0.25, 0.3) is 0 Å². The van der Waals surface area contributed by atoms with Crippen molar-refractivity contribution in [2.75, 3.05) is 19.6 Å². The summed E-state index contributed by atoms with van der Waals surface area (Å²) in [6.45, 7) is 7.66. The van der Waals surface area contributed by atoms with Gasteiger partial charge in [-0.05, 0) is 44.7 Å². The van der Waals surface area contributed by atoms with Crippen LogP contribution in [0.4, 0.5) is 0 Å². The molecule has 0 spiro atoms. The molecule has 0 aromatic carbocycles. The number of ether oxygens (including phenoxy) is 1. The van der Waals surface area contributed by atoms with Crippen LogP contribution < -0.4 is 0 Å². The van der Waals surface area contributed by atoms with Crippen LogP contribution in [0.15, 0.2) is 0 Å². The van der Waals surface area contributed by atoms with Gasteiger partial charge in [-0.1, -0.05) is 26.7 Å². The van der Waals surface area contributed by atoms with Crippen molar-refractivity contribution in [2.24, 2.45) is 11.8 Å². The molecule has 0 aliphatic carbocycles. The molecule has 0 aromatic rings. The average Bonchev–Trinajstić information content (AvgIpc) is 2.40. The standard InChI is InChI=1S/C15H27NO2/c1-3-5-13(6-4-2)15(17)18-14-11-16-9-7-12(14)8-10-16/h12-14H,3-11H2,1-2H3. The Morgan fingerprint density at radius 3 is 2.28 bits per heavy atom. The van der Waals surface area contributed by atoms with E-state index in [0.717, 1.165) is 32.2 Å². The summed E-state index contributed by atoms with van der Waals surface area (Å²) in [5, 5.41) is 0. The Kier molecular flexibility index (Phi) is 5.04. The summed E-state index contributed by atoms with van der Waals surface area (Å²) in [5.41, 5.74) is 0. The maximum absolute atomic E-state index is 12.2. The van der Waals surface area contributed by atoms with E-state index in [9.17, 15) is 4.79 Å². The van der Waals surface area contributed by atoms with Crippen molar-refractivity contribution in [2.45, 2.75) is 58.5 Å². The van der Waals surface area contributed by atoms with Gasteiger partial charge in [-0.25, -0.2) is 0 Å². The molecule has 0 aromatic heterocycles. The maximum Gasteiger partial charge on any atom is 0.309 e. The minimum Gasteiger partial charge on any atom is -0.460 e. The second-order valence-electron chi connectivity index (χ2n) is 5.89. The number of hydrogen-bond donors (Lipinski definition) is 0. The van der Waals surface area contributed by atoms with E-state index in [-0.39, 0.29) is 18.0 Å². The van der Waals surface area contributed by atoms with Crippen LogP contribution in [0.3, 0.4) is 0 Å². The monoisotopic (exact) mass is 253 g/mol. The second-order valence-corrected chi connectivity index (χ2v) is 5.89. The molecular formula is C15H27NO2. The van der Waals surface area contributed by atoms with Gasteiger partial charge in [0.15, 0.2) is 0 Å². The first kappa shape index (κ1) is 13.9. The highest BCUT2D eigenvalue weighted by Gasteiger charge is 2.37. The van der Waals surface area contributed by atoms with Crippen LogP contribution in [0.5, 0.6) is 0 Å². The van der Waals surface area contributed by atoms with Crippen molar-refractivity contribution >= 4 is 5.97 Å². The van der Waals surface area contributed by atoms with E-state index in [0.29, 0.717) is 5.92 Å². The highest BCUT2D eigenvalue weighted by molar-refractivity contribution is 5.72. The van der Waals surface area contributed by atoms with Crippen LogP contribution in [0.2, 0.25) is 0 Å². The summed E-state index contributed by atoms with van der Waals surface area (Å²) >= 11 is 0. The fourth-order valence-corrected chi connectivity index (χ4v) is 3.37. The van der Waals surface area contributed by atoms with Crippen LogP contribution in [-0.4, -0.2) is 36.6 Å². The van der Waals surface area contributed by atoms with Gasteiger partial charge in [-0.15, -0.1) is 0 Å². The molecule has 3 heteroatoms. The molecule has 0 N–H and O–H groups in total. The lowest BCUT2D eigenvalue weighted by atomic mass is 9.85. The molecule has 0 saturated carbocycles. The van der Waals surface area contributed by atoms with Gasteiger partial charge in [0.1, 0.15) is 6.10 Å². The highest BCUT2D eigenvalue weighted by atomic mass is 16.5. The SMILES string of the molecule is CCCC(CCC)C(=O)OC1CN2CCC1CC2. The Morgan fingerprint density at radius 1 is 1.22 bits per heavy atom. The number of fused-ring (bicyclic) bond motifs is 3. The van der Waals surface area contributed by atoms with Gasteiger partial charge in [-0.3, -0.25) is 9.69 Å². The van der Waals surface area contributed by atoms with E-state index < -0.39 is 0 Å².